The summed E-state index contributed by atoms with van der Waals surface area (Å²) in [4.78, 5) is -0.638. The minimum absolute atomic E-state index is 0.0600. The number of hydrogen-bond donors (Lipinski definition) is 2. The second-order valence-corrected chi connectivity index (χ2v) is 6.30. The Hall–Kier alpha value is -2.13. The molecule has 0 amide bonds. The molecule has 0 fully saturated rings. The molecular formula is C14H12F4N2O2S. The minimum atomic E-state index is -4.77. The van der Waals surface area contributed by atoms with Gasteiger partial charge in [-0.1, -0.05) is 12.1 Å². The fourth-order valence-electron chi connectivity index (χ4n) is 1.93. The zero-order valence-electron chi connectivity index (χ0n) is 11.6. The maximum atomic E-state index is 13.1. The highest BCUT2D eigenvalue weighted by Gasteiger charge is 2.34. The number of rotatable bonds is 4. The van der Waals surface area contributed by atoms with Crippen LogP contribution in [0.5, 0.6) is 0 Å². The Morgan fingerprint density at radius 2 is 1.78 bits per heavy atom. The van der Waals surface area contributed by atoms with Crippen LogP contribution in [-0.2, 0) is 22.7 Å². The summed E-state index contributed by atoms with van der Waals surface area (Å²) in [7, 11) is -4.25. The lowest BCUT2D eigenvalue weighted by molar-refractivity contribution is -0.137. The molecule has 2 aromatic rings. The standard InChI is InChI=1S/C14H12F4N2O2S/c15-10-3-1-2-9(6-10)8-20-13-5-4-11(23(19,21)22)7-12(13)14(16,17)18/h1-7,20H,8H2,(H2,19,21,22). The summed E-state index contributed by atoms with van der Waals surface area (Å²) in [6.45, 7) is -0.0600. The molecule has 0 spiro atoms. The number of sulfonamides is 1. The van der Waals surface area contributed by atoms with Gasteiger partial charge in [-0.2, -0.15) is 13.2 Å². The number of nitrogens with two attached hydrogens (primary N) is 1. The van der Waals surface area contributed by atoms with Crippen molar-refractivity contribution in [1.82, 2.24) is 0 Å². The maximum Gasteiger partial charge on any atom is 0.418 e. The Balaban J connectivity index is 2.34. The van der Waals surface area contributed by atoms with Crippen LogP contribution in [0.2, 0.25) is 0 Å². The van der Waals surface area contributed by atoms with Gasteiger partial charge in [-0.15, -0.1) is 0 Å². The van der Waals surface area contributed by atoms with E-state index in [0.29, 0.717) is 11.6 Å². The Morgan fingerprint density at radius 3 is 2.35 bits per heavy atom. The molecule has 0 aliphatic carbocycles. The highest BCUT2D eigenvalue weighted by molar-refractivity contribution is 7.89. The molecule has 0 saturated carbocycles. The van der Waals surface area contributed by atoms with Gasteiger partial charge in [0.15, 0.2) is 0 Å². The van der Waals surface area contributed by atoms with Gasteiger partial charge >= 0.3 is 6.18 Å². The number of hydrogen-bond acceptors (Lipinski definition) is 3. The first-order valence-electron chi connectivity index (χ1n) is 6.30. The molecule has 124 valence electrons. The van der Waals surface area contributed by atoms with Gasteiger partial charge in [-0.3, -0.25) is 0 Å². The van der Waals surface area contributed by atoms with Crippen LogP contribution in [0.1, 0.15) is 11.1 Å². The summed E-state index contributed by atoms with van der Waals surface area (Å²) in [5, 5.41) is 7.36. The third kappa shape index (κ3) is 4.42. The van der Waals surface area contributed by atoms with Crippen molar-refractivity contribution in [3.8, 4) is 0 Å². The molecule has 4 nitrogen and oxygen atoms in total. The van der Waals surface area contributed by atoms with Crippen molar-refractivity contribution in [1.29, 1.82) is 0 Å². The van der Waals surface area contributed by atoms with E-state index < -0.39 is 32.5 Å². The molecule has 0 bridgehead atoms. The Labute approximate surface area is 130 Å². The van der Waals surface area contributed by atoms with Crippen molar-refractivity contribution in [3.63, 3.8) is 0 Å². The number of benzene rings is 2. The van der Waals surface area contributed by atoms with E-state index in [1.807, 2.05) is 0 Å². The number of nitrogens with one attached hydrogen (secondary N) is 1. The van der Waals surface area contributed by atoms with Crippen molar-refractivity contribution < 1.29 is 26.0 Å². The molecule has 0 atom stereocenters. The van der Waals surface area contributed by atoms with Crippen LogP contribution in [0.15, 0.2) is 47.4 Å². The Morgan fingerprint density at radius 1 is 1.09 bits per heavy atom. The second-order valence-electron chi connectivity index (χ2n) is 4.73. The first-order valence-corrected chi connectivity index (χ1v) is 7.84. The van der Waals surface area contributed by atoms with Crippen LogP contribution in [0.4, 0.5) is 23.2 Å². The summed E-state index contributed by atoms with van der Waals surface area (Å²) in [5.74, 6) is -0.509. The molecule has 0 radical (unpaired) electrons. The second kappa shape index (κ2) is 6.17. The molecule has 0 aliphatic heterocycles. The molecule has 23 heavy (non-hydrogen) atoms. The molecule has 2 rings (SSSR count). The lowest BCUT2D eigenvalue weighted by Gasteiger charge is -2.15. The summed E-state index contributed by atoms with van der Waals surface area (Å²) in [5.41, 5.74) is -1.05. The van der Waals surface area contributed by atoms with Gasteiger partial charge in [-0.25, -0.2) is 17.9 Å². The molecular weight excluding hydrogens is 336 g/mol. The van der Waals surface area contributed by atoms with E-state index in [1.165, 1.54) is 18.2 Å². The summed E-state index contributed by atoms with van der Waals surface area (Å²) < 4.78 is 74.6. The van der Waals surface area contributed by atoms with Crippen molar-refractivity contribution in [2.24, 2.45) is 5.14 Å². The van der Waals surface area contributed by atoms with Gasteiger partial charge in [0.2, 0.25) is 10.0 Å². The first-order chi connectivity index (χ1) is 10.6. The van der Waals surface area contributed by atoms with Crippen LogP contribution in [0.3, 0.4) is 0 Å². The number of alkyl halides is 3. The van der Waals surface area contributed by atoms with E-state index >= 15 is 0 Å². The normalized spacial score (nSPS) is 12.2. The molecule has 0 aliphatic rings. The van der Waals surface area contributed by atoms with Gasteiger partial charge < -0.3 is 5.32 Å². The zero-order chi connectivity index (χ0) is 17.3. The van der Waals surface area contributed by atoms with Crippen LogP contribution in [-0.4, -0.2) is 8.42 Å². The maximum absolute atomic E-state index is 13.1. The summed E-state index contributed by atoms with van der Waals surface area (Å²) >= 11 is 0. The number of anilines is 1. The summed E-state index contributed by atoms with van der Waals surface area (Å²) in [6, 6.07) is 7.78. The Kier molecular flexibility index (Phi) is 4.62. The SMILES string of the molecule is NS(=O)(=O)c1ccc(NCc2cccc(F)c2)c(C(F)(F)F)c1. The predicted molar refractivity (Wildman–Crippen MR) is 76.5 cm³/mol. The third-order valence-electron chi connectivity index (χ3n) is 3.00. The van der Waals surface area contributed by atoms with E-state index in [4.69, 9.17) is 5.14 Å². The third-order valence-corrected chi connectivity index (χ3v) is 3.91. The van der Waals surface area contributed by atoms with E-state index in [-0.39, 0.29) is 12.2 Å². The summed E-state index contributed by atoms with van der Waals surface area (Å²) in [6.07, 6.45) is -4.77. The van der Waals surface area contributed by atoms with Crippen LogP contribution in [0, 0.1) is 5.82 Å². The van der Waals surface area contributed by atoms with Crippen LogP contribution < -0.4 is 10.5 Å². The number of halogens is 4. The van der Waals surface area contributed by atoms with Crippen molar-refractivity contribution in [2.45, 2.75) is 17.6 Å². The largest absolute Gasteiger partial charge is 0.418 e. The highest BCUT2D eigenvalue weighted by atomic mass is 32.2. The average molecular weight is 348 g/mol. The van der Waals surface area contributed by atoms with Crippen molar-refractivity contribution >= 4 is 15.7 Å². The molecule has 0 unspecified atom stereocenters. The Bertz CT molecular complexity index is 820. The quantitative estimate of drug-likeness (QED) is 0.834. The lowest BCUT2D eigenvalue weighted by Crippen LogP contribution is -2.16. The van der Waals surface area contributed by atoms with Crippen LogP contribution in [0.25, 0.3) is 0 Å². The molecule has 0 saturated heterocycles. The topological polar surface area (TPSA) is 72.2 Å². The lowest BCUT2D eigenvalue weighted by atomic mass is 10.1. The van der Waals surface area contributed by atoms with Gasteiger partial charge in [-0.05, 0) is 35.9 Å². The van der Waals surface area contributed by atoms with Gasteiger partial charge in [0.1, 0.15) is 5.82 Å². The zero-order valence-corrected chi connectivity index (χ0v) is 12.4. The molecule has 3 N–H and O–H groups in total. The highest BCUT2D eigenvalue weighted by Crippen LogP contribution is 2.36. The fourth-order valence-corrected chi connectivity index (χ4v) is 2.47. The van der Waals surface area contributed by atoms with Gasteiger partial charge in [0, 0.05) is 12.2 Å². The van der Waals surface area contributed by atoms with E-state index in [9.17, 15) is 26.0 Å². The van der Waals surface area contributed by atoms with E-state index in [1.54, 1.807) is 6.07 Å². The fraction of sp³-hybridized carbons (Fsp3) is 0.143. The molecule has 0 aromatic heterocycles. The smallest absolute Gasteiger partial charge is 0.380 e. The van der Waals surface area contributed by atoms with Crippen LogP contribution >= 0.6 is 0 Å². The van der Waals surface area contributed by atoms with Gasteiger partial charge in [0.25, 0.3) is 0 Å². The molecule has 0 heterocycles. The monoisotopic (exact) mass is 348 g/mol. The average Bonchev–Trinajstić information content (AvgIpc) is 2.43. The first kappa shape index (κ1) is 17.2. The van der Waals surface area contributed by atoms with Crippen molar-refractivity contribution in [2.75, 3.05) is 5.32 Å². The van der Waals surface area contributed by atoms with E-state index in [2.05, 4.69) is 5.32 Å². The minimum Gasteiger partial charge on any atom is -0.380 e. The predicted octanol–water partition coefficient (Wildman–Crippen LogP) is 3.10. The van der Waals surface area contributed by atoms with Gasteiger partial charge in [0.05, 0.1) is 10.5 Å². The molecule has 9 heteroatoms. The van der Waals surface area contributed by atoms with Crippen molar-refractivity contribution in [3.05, 3.63) is 59.4 Å². The number of primary sulfonamides is 1. The van der Waals surface area contributed by atoms with E-state index in [0.717, 1.165) is 12.1 Å². The molecule has 2 aromatic carbocycles.